The molecule has 0 saturated carbocycles. The molecule has 2 aromatic heterocycles. The normalized spacial score (nSPS) is 16.6. The SMILES string of the molecule is CCSc1cc(Br)cnc1C1=Nc2cc(C(F)(F)F)n(C)c(=O)c2C1C. The van der Waals surface area contributed by atoms with Gasteiger partial charge in [0.1, 0.15) is 5.69 Å². The second-order valence-electron chi connectivity index (χ2n) is 5.84. The molecule has 1 aliphatic heterocycles. The van der Waals surface area contributed by atoms with E-state index in [1.807, 2.05) is 13.0 Å². The second-order valence-corrected chi connectivity index (χ2v) is 8.06. The zero-order chi connectivity index (χ0) is 19.2. The second kappa shape index (κ2) is 6.84. The quantitative estimate of drug-likeness (QED) is 0.630. The van der Waals surface area contributed by atoms with E-state index >= 15 is 0 Å². The first-order chi connectivity index (χ1) is 12.1. The highest BCUT2D eigenvalue weighted by atomic mass is 79.9. The summed E-state index contributed by atoms with van der Waals surface area (Å²) < 4.78 is 41.0. The van der Waals surface area contributed by atoms with Gasteiger partial charge in [0.15, 0.2) is 0 Å². The van der Waals surface area contributed by atoms with Gasteiger partial charge in [-0.15, -0.1) is 11.8 Å². The summed E-state index contributed by atoms with van der Waals surface area (Å²) in [5.41, 5.74) is -0.236. The molecule has 4 nitrogen and oxygen atoms in total. The van der Waals surface area contributed by atoms with Crippen LogP contribution in [-0.2, 0) is 13.2 Å². The van der Waals surface area contributed by atoms with Crippen LogP contribution in [0.25, 0.3) is 0 Å². The van der Waals surface area contributed by atoms with E-state index in [0.717, 1.165) is 28.2 Å². The number of aliphatic imine (C=N–C) groups is 1. The van der Waals surface area contributed by atoms with Gasteiger partial charge < -0.3 is 4.57 Å². The molecule has 2 aromatic rings. The summed E-state index contributed by atoms with van der Waals surface area (Å²) in [7, 11) is 1.13. The first-order valence-corrected chi connectivity index (χ1v) is 9.61. The lowest BCUT2D eigenvalue weighted by molar-refractivity contribution is -0.143. The molecule has 138 valence electrons. The van der Waals surface area contributed by atoms with Gasteiger partial charge in [0.05, 0.1) is 22.7 Å². The zero-order valence-corrected chi connectivity index (χ0v) is 16.6. The number of hydrogen-bond acceptors (Lipinski definition) is 4. The maximum Gasteiger partial charge on any atom is 0.431 e. The summed E-state index contributed by atoms with van der Waals surface area (Å²) in [6, 6.07) is 2.83. The lowest BCUT2D eigenvalue weighted by Crippen LogP contribution is -2.29. The third-order valence-corrected chi connectivity index (χ3v) is 5.53. The van der Waals surface area contributed by atoms with Gasteiger partial charge in [-0.3, -0.25) is 9.78 Å². The number of thioether (sulfide) groups is 1. The molecule has 1 aliphatic rings. The Morgan fingerprint density at radius 2 is 2.04 bits per heavy atom. The van der Waals surface area contributed by atoms with Gasteiger partial charge in [-0.25, -0.2) is 4.99 Å². The third kappa shape index (κ3) is 3.22. The molecule has 0 aromatic carbocycles. The van der Waals surface area contributed by atoms with Gasteiger partial charge in [-0.05, 0) is 33.8 Å². The Bertz CT molecular complexity index is 969. The van der Waals surface area contributed by atoms with Gasteiger partial charge in [0.25, 0.3) is 5.56 Å². The Morgan fingerprint density at radius 3 is 2.65 bits per heavy atom. The lowest BCUT2D eigenvalue weighted by atomic mass is 9.96. The van der Waals surface area contributed by atoms with E-state index in [0.29, 0.717) is 16.0 Å². The van der Waals surface area contributed by atoms with Gasteiger partial charge in [-0.1, -0.05) is 13.8 Å². The molecule has 26 heavy (non-hydrogen) atoms. The molecule has 1 atom stereocenters. The fourth-order valence-electron chi connectivity index (χ4n) is 2.98. The monoisotopic (exact) mass is 445 g/mol. The van der Waals surface area contributed by atoms with E-state index in [1.54, 1.807) is 24.9 Å². The number of nitrogens with zero attached hydrogens (tertiary/aromatic N) is 3. The molecule has 0 radical (unpaired) electrons. The van der Waals surface area contributed by atoms with Crippen molar-refractivity contribution in [2.24, 2.45) is 12.0 Å². The van der Waals surface area contributed by atoms with E-state index in [2.05, 4.69) is 25.9 Å². The van der Waals surface area contributed by atoms with Crippen molar-refractivity contribution in [1.29, 1.82) is 0 Å². The number of halogens is 4. The predicted octanol–water partition coefficient (Wildman–Crippen LogP) is 4.91. The van der Waals surface area contributed by atoms with Crippen LogP contribution in [0.4, 0.5) is 18.9 Å². The molecule has 3 rings (SSSR count). The molecule has 0 spiro atoms. The Kier molecular flexibility index (Phi) is 5.04. The van der Waals surface area contributed by atoms with Crippen LogP contribution in [0.3, 0.4) is 0 Å². The van der Waals surface area contributed by atoms with Crippen LogP contribution in [0, 0.1) is 0 Å². The molecule has 3 heterocycles. The number of rotatable bonds is 3. The smallest absolute Gasteiger partial charge is 0.307 e. The van der Waals surface area contributed by atoms with Crippen molar-refractivity contribution in [1.82, 2.24) is 9.55 Å². The van der Waals surface area contributed by atoms with Crippen molar-refractivity contribution in [2.75, 3.05) is 5.75 Å². The number of alkyl halides is 3. The van der Waals surface area contributed by atoms with Crippen molar-refractivity contribution in [3.63, 3.8) is 0 Å². The van der Waals surface area contributed by atoms with Gasteiger partial charge >= 0.3 is 6.18 Å². The van der Waals surface area contributed by atoms with Crippen molar-refractivity contribution in [3.05, 3.63) is 50.1 Å². The first kappa shape index (κ1) is 19.2. The standard InChI is InChI=1S/C17H15BrF3N3OS/c1-4-26-11-5-9(18)7-22-15(11)14-8(2)13-10(23-14)6-12(17(19,20)21)24(3)16(13)25/h5-8H,4H2,1-3H3. The topological polar surface area (TPSA) is 47.2 Å². The molecular formula is C17H15BrF3N3OS. The Labute approximate surface area is 160 Å². The minimum Gasteiger partial charge on any atom is -0.307 e. The molecule has 0 aliphatic carbocycles. The van der Waals surface area contributed by atoms with E-state index < -0.39 is 23.3 Å². The molecular weight excluding hydrogens is 431 g/mol. The summed E-state index contributed by atoms with van der Waals surface area (Å²) in [6.07, 6.45) is -3.00. The van der Waals surface area contributed by atoms with Crippen LogP contribution < -0.4 is 5.56 Å². The van der Waals surface area contributed by atoms with Crippen LogP contribution in [0.15, 0.2) is 37.5 Å². The number of hydrogen-bond donors (Lipinski definition) is 0. The van der Waals surface area contributed by atoms with E-state index in [9.17, 15) is 18.0 Å². The van der Waals surface area contributed by atoms with Crippen molar-refractivity contribution >= 4 is 39.1 Å². The highest BCUT2D eigenvalue weighted by Gasteiger charge is 2.38. The third-order valence-electron chi connectivity index (χ3n) is 4.18. The van der Waals surface area contributed by atoms with Gasteiger partial charge in [-0.2, -0.15) is 13.2 Å². The minimum atomic E-state index is -4.62. The average molecular weight is 446 g/mol. The zero-order valence-electron chi connectivity index (χ0n) is 14.2. The Balaban J connectivity index is 2.18. The largest absolute Gasteiger partial charge is 0.431 e. The summed E-state index contributed by atoms with van der Waals surface area (Å²) >= 11 is 4.94. The molecule has 9 heteroatoms. The minimum absolute atomic E-state index is 0.0695. The summed E-state index contributed by atoms with van der Waals surface area (Å²) in [4.78, 5) is 22.2. The van der Waals surface area contributed by atoms with E-state index in [-0.39, 0.29) is 11.3 Å². The fourth-order valence-corrected chi connectivity index (χ4v) is 4.27. The van der Waals surface area contributed by atoms with E-state index in [4.69, 9.17) is 0 Å². The van der Waals surface area contributed by atoms with Crippen molar-refractivity contribution < 1.29 is 13.2 Å². The fraction of sp³-hybridized carbons (Fsp3) is 0.353. The lowest BCUT2D eigenvalue weighted by Gasteiger charge is -2.15. The Morgan fingerprint density at radius 1 is 1.35 bits per heavy atom. The number of pyridine rings is 2. The summed E-state index contributed by atoms with van der Waals surface area (Å²) in [5, 5.41) is 0. The van der Waals surface area contributed by atoms with Crippen LogP contribution in [0.2, 0.25) is 0 Å². The summed E-state index contributed by atoms with van der Waals surface area (Å²) in [5.74, 6) is 0.371. The first-order valence-electron chi connectivity index (χ1n) is 7.83. The molecule has 0 fully saturated rings. The number of fused-ring (bicyclic) bond motifs is 1. The van der Waals surface area contributed by atoms with Crippen LogP contribution in [-0.4, -0.2) is 21.0 Å². The van der Waals surface area contributed by atoms with E-state index in [1.165, 1.54) is 0 Å². The Hall–Kier alpha value is -1.61. The van der Waals surface area contributed by atoms with Crippen LogP contribution in [0.1, 0.15) is 36.7 Å². The predicted molar refractivity (Wildman–Crippen MR) is 99.6 cm³/mol. The summed E-state index contributed by atoms with van der Waals surface area (Å²) in [6.45, 7) is 3.76. The van der Waals surface area contributed by atoms with Crippen molar-refractivity contribution in [2.45, 2.75) is 30.8 Å². The van der Waals surface area contributed by atoms with Crippen LogP contribution in [0.5, 0.6) is 0 Å². The van der Waals surface area contributed by atoms with Crippen molar-refractivity contribution in [3.8, 4) is 0 Å². The van der Waals surface area contributed by atoms with Gasteiger partial charge in [0.2, 0.25) is 0 Å². The average Bonchev–Trinajstić information content (AvgIpc) is 2.87. The van der Waals surface area contributed by atoms with Gasteiger partial charge in [0, 0.05) is 28.5 Å². The maximum atomic E-state index is 13.2. The number of aromatic nitrogens is 2. The molecule has 0 saturated heterocycles. The highest BCUT2D eigenvalue weighted by Crippen LogP contribution is 2.40. The highest BCUT2D eigenvalue weighted by molar-refractivity contribution is 9.10. The molecule has 1 unspecified atom stereocenters. The molecule has 0 bridgehead atoms. The van der Waals surface area contributed by atoms with Crippen LogP contribution >= 0.6 is 27.7 Å². The molecule has 0 amide bonds. The molecule has 0 N–H and O–H groups in total. The maximum absolute atomic E-state index is 13.2.